The summed E-state index contributed by atoms with van der Waals surface area (Å²) in [6, 6.07) is 9.42. The molecule has 0 saturated carbocycles. The average Bonchev–Trinajstić information content (AvgIpc) is 3.25. The van der Waals surface area contributed by atoms with Crippen molar-refractivity contribution in [3.05, 3.63) is 71.4 Å². The summed E-state index contributed by atoms with van der Waals surface area (Å²) in [5, 5.41) is 14.1. The molecule has 2 saturated heterocycles. The number of hydrogen-bond donors (Lipinski definition) is 2. The van der Waals surface area contributed by atoms with Crippen molar-refractivity contribution in [3.63, 3.8) is 0 Å². The fourth-order valence-electron chi connectivity index (χ4n) is 6.12. The summed E-state index contributed by atoms with van der Waals surface area (Å²) in [5.41, 5.74) is 1.09. The molecule has 0 atom stereocenters. The van der Waals surface area contributed by atoms with Crippen molar-refractivity contribution in [2.24, 2.45) is 5.41 Å². The normalized spacial score (nSPS) is 17.6. The van der Waals surface area contributed by atoms with E-state index in [2.05, 4.69) is 49.8 Å². The SMILES string of the molecule is C=CCn1c(=O)c2cnc(Nc3cc(N4CCC5(CCN(C)CC5)CC4)ccn3)nc2n1-c1cccc(C(C)(C)O)n1. The molecule has 11 heteroatoms. The molecule has 0 amide bonds. The standard InChI is InChI=1S/C31H39N9O2/c1-5-15-39-28(41)23-21-33-29(36-27(23)40(39)26-8-6-7-24(34-26)30(2,3)42)35-25-20-22(9-14-32-25)38-18-12-31(13-19-38)10-16-37(4)17-11-31/h5-9,14,20-21,42H,1,10-13,15-19H2,2-4H3,(H,32,33,35,36). The van der Waals surface area contributed by atoms with Crippen LogP contribution >= 0.6 is 0 Å². The van der Waals surface area contributed by atoms with E-state index in [9.17, 15) is 9.90 Å². The van der Waals surface area contributed by atoms with Crippen molar-refractivity contribution in [2.75, 3.05) is 43.4 Å². The van der Waals surface area contributed by atoms with Gasteiger partial charge in [0.15, 0.2) is 11.5 Å². The zero-order valence-corrected chi connectivity index (χ0v) is 24.6. The maximum Gasteiger partial charge on any atom is 0.278 e. The first-order valence-electron chi connectivity index (χ1n) is 14.6. The Hall–Kier alpha value is -4.09. The molecule has 4 aromatic rings. The smallest absolute Gasteiger partial charge is 0.278 e. The molecule has 42 heavy (non-hydrogen) atoms. The van der Waals surface area contributed by atoms with Gasteiger partial charge in [-0.3, -0.25) is 4.79 Å². The molecule has 6 heterocycles. The van der Waals surface area contributed by atoms with Crippen LogP contribution in [0.1, 0.15) is 45.2 Å². The minimum atomic E-state index is -1.15. The van der Waals surface area contributed by atoms with Gasteiger partial charge in [-0.05, 0) is 83.3 Å². The van der Waals surface area contributed by atoms with E-state index in [0.29, 0.717) is 39.7 Å². The average molecular weight is 570 g/mol. The Labute approximate surface area is 245 Å². The number of pyridine rings is 2. The topological polar surface area (TPSA) is 117 Å². The molecule has 0 bridgehead atoms. The fourth-order valence-corrected chi connectivity index (χ4v) is 6.12. The Morgan fingerprint density at radius 1 is 1.07 bits per heavy atom. The second kappa shape index (κ2) is 11.0. The van der Waals surface area contributed by atoms with Crippen molar-refractivity contribution >= 4 is 28.5 Å². The molecule has 6 rings (SSSR count). The van der Waals surface area contributed by atoms with Gasteiger partial charge in [-0.25, -0.2) is 24.3 Å². The second-order valence-electron chi connectivity index (χ2n) is 12.2. The van der Waals surface area contributed by atoms with E-state index in [1.807, 2.05) is 6.07 Å². The zero-order valence-electron chi connectivity index (χ0n) is 24.6. The van der Waals surface area contributed by atoms with Crippen LogP contribution in [-0.4, -0.2) is 72.5 Å². The molecule has 2 fully saturated rings. The van der Waals surface area contributed by atoms with E-state index >= 15 is 0 Å². The molecule has 11 nitrogen and oxygen atoms in total. The Morgan fingerprint density at radius 3 is 2.52 bits per heavy atom. The van der Waals surface area contributed by atoms with E-state index in [1.54, 1.807) is 49.0 Å². The third-order valence-electron chi connectivity index (χ3n) is 8.78. The number of anilines is 3. The Kier molecular flexibility index (Phi) is 7.32. The first-order valence-corrected chi connectivity index (χ1v) is 14.6. The van der Waals surface area contributed by atoms with Crippen LogP contribution in [0.2, 0.25) is 0 Å². The van der Waals surface area contributed by atoms with E-state index in [0.717, 1.165) is 18.8 Å². The fraction of sp³-hybridized carbons (Fsp3) is 0.452. The van der Waals surface area contributed by atoms with Crippen LogP contribution in [0.3, 0.4) is 0 Å². The number of rotatable bonds is 7. The molecule has 0 unspecified atom stereocenters. The summed E-state index contributed by atoms with van der Waals surface area (Å²) in [4.78, 5) is 36.5. The molecule has 2 aliphatic heterocycles. The van der Waals surface area contributed by atoms with Crippen LogP contribution in [0, 0.1) is 5.41 Å². The van der Waals surface area contributed by atoms with Gasteiger partial charge in [-0.2, -0.15) is 4.98 Å². The zero-order chi connectivity index (χ0) is 29.5. The van der Waals surface area contributed by atoms with Gasteiger partial charge in [0, 0.05) is 37.2 Å². The van der Waals surface area contributed by atoms with Crippen molar-refractivity contribution in [1.29, 1.82) is 0 Å². The van der Waals surface area contributed by atoms with Gasteiger partial charge < -0.3 is 20.2 Å². The number of nitrogens with zero attached hydrogens (tertiary/aromatic N) is 8. The second-order valence-corrected chi connectivity index (χ2v) is 12.2. The maximum atomic E-state index is 13.3. The lowest BCUT2D eigenvalue weighted by Crippen LogP contribution is -2.46. The van der Waals surface area contributed by atoms with Gasteiger partial charge in [0.05, 0.1) is 12.2 Å². The number of aromatic nitrogens is 6. The summed E-state index contributed by atoms with van der Waals surface area (Å²) in [6.45, 7) is 11.9. The molecule has 4 aromatic heterocycles. The lowest BCUT2D eigenvalue weighted by atomic mass is 9.71. The molecule has 0 aliphatic carbocycles. The number of allylic oxidation sites excluding steroid dienone is 1. The van der Waals surface area contributed by atoms with Crippen LogP contribution in [0.25, 0.3) is 16.9 Å². The number of piperidine rings is 2. The van der Waals surface area contributed by atoms with Crippen molar-refractivity contribution < 1.29 is 5.11 Å². The van der Waals surface area contributed by atoms with E-state index < -0.39 is 5.60 Å². The highest BCUT2D eigenvalue weighted by molar-refractivity contribution is 5.77. The van der Waals surface area contributed by atoms with Gasteiger partial charge in [0.1, 0.15) is 16.8 Å². The van der Waals surface area contributed by atoms with Gasteiger partial charge in [0.2, 0.25) is 5.95 Å². The summed E-state index contributed by atoms with van der Waals surface area (Å²) in [5.74, 6) is 1.41. The highest BCUT2D eigenvalue weighted by Gasteiger charge is 2.37. The predicted molar refractivity (Wildman–Crippen MR) is 164 cm³/mol. The number of nitrogens with one attached hydrogen (secondary N) is 1. The van der Waals surface area contributed by atoms with E-state index in [4.69, 9.17) is 4.98 Å². The molecule has 0 aromatic carbocycles. The highest BCUT2D eigenvalue weighted by Crippen LogP contribution is 2.42. The number of aliphatic hydroxyl groups is 1. The number of hydrogen-bond acceptors (Lipinski definition) is 9. The predicted octanol–water partition coefficient (Wildman–Crippen LogP) is 3.84. The molecular weight excluding hydrogens is 530 g/mol. The van der Waals surface area contributed by atoms with Crippen LogP contribution < -0.4 is 15.8 Å². The monoisotopic (exact) mass is 569 g/mol. The largest absolute Gasteiger partial charge is 0.384 e. The summed E-state index contributed by atoms with van der Waals surface area (Å²) >= 11 is 0. The van der Waals surface area contributed by atoms with E-state index in [-0.39, 0.29) is 12.1 Å². The summed E-state index contributed by atoms with van der Waals surface area (Å²) in [7, 11) is 2.22. The molecule has 220 valence electrons. The maximum absolute atomic E-state index is 13.3. The summed E-state index contributed by atoms with van der Waals surface area (Å²) < 4.78 is 3.16. The quantitative estimate of drug-likeness (QED) is 0.320. The van der Waals surface area contributed by atoms with Crippen LogP contribution in [0.4, 0.5) is 17.5 Å². The van der Waals surface area contributed by atoms with Gasteiger partial charge in [-0.15, -0.1) is 6.58 Å². The van der Waals surface area contributed by atoms with Crippen LogP contribution in [-0.2, 0) is 12.1 Å². The molecule has 2 aliphatic rings. The summed E-state index contributed by atoms with van der Waals surface area (Å²) in [6.07, 6.45) is 9.99. The van der Waals surface area contributed by atoms with Gasteiger partial charge >= 0.3 is 0 Å². The van der Waals surface area contributed by atoms with Gasteiger partial charge in [-0.1, -0.05) is 12.1 Å². The van der Waals surface area contributed by atoms with Crippen molar-refractivity contribution in [1.82, 2.24) is 34.2 Å². The number of fused-ring (bicyclic) bond motifs is 1. The minimum Gasteiger partial charge on any atom is -0.384 e. The Bertz CT molecular complexity index is 1650. The molecule has 1 spiro atoms. The molecular formula is C31H39N9O2. The van der Waals surface area contributed by atoms with Crippen molar-refractivity contribution in [2.45, 2.75) is 51.7 Å². The van der Waals surface area contributed by atoms with Crippen LogP contribution in [0.15, 0.2) is 60.2 Å². The first-order chi connectivity index (χ1) is 20.2. The first kappa shape index (κ1) is 28.0. The lowest BCUT2D eigenvalue weighted by Gasteiger charge is -2.46. The Balaban J connectivity index is 1.28. The third kappa shape index (κ3) is 5.41. The van der Waals surface area contributed by atoms with Gasteiger partial charge in [0.25, 0.3) is 5.56 Å². The highest BCUT2D eigenvalue weighted by atomic mass is 16.3. The molecule has 2 N–H and O–H groups in total. The number of likely N-dealkylation sites (tertiary alicyclic amines) is 1. The van der Waals surface area contributed by atoms with Crippen molar-refractivity contribution in [3.8, 4) is 5.82 Å². The van der Waals surface area contributed by atoms with E-state index in [1.165, 1.54) is 49.7 Å². The minimum absolute atomic E-state index is 0.250. The third-order valence-corrected chi connectivity index (χ3v) is 8.78. The molecule has 0 radical (unpaired) electrons. The van der Waals surface area contributed by atoms with Crippen LogP contribution in [0.5, 0.6) is 0 Å². The lowest BCUT2D eigenvalue weighted by molar-refractivity contribution is 0.0738. The Morgan fingerprint density at radius 2 is 1.81 bits per heavy atom.